The van der Waals surface area contributed by atoms with Crippen molar-refractivity contribution in [3.05, 3.63) is 29.3 Å². The molecule has 1 aromatic carbocycles. The fraction of sp³-hybridized carbons (Fsp3) is 0.611. The summed E-state index contributed by atoms with van der Waals surface area (Å²) in [7, 11) is 0. The molecule has 1 amide bonds. The number of amides is 1. The summed E-state index contributed by atoms with van der Waals surface area (Å²) in [6.45, 7) is 3.21. The zero-order valence-corrected chi connectivity index (χ0v) is 12.6. The normalized spacial score (nSPS) is 38.0. The molecule has 1 aromatic rings. The van der Waals surface area contributed by atoms with E-state index in [1.807, 2.05) is 12.1 Å². The van der Waals surface area contributed by atoms with Gasteiger partial charge in [-0.3, -0.25) is 4.79 Å². The molecule has 0 spiro atoms. The summed E-state index contributed by atoms with van der Waals surface area (Å²) < 4.78 is 0. The summed E-state index contributed by atoms with van der Waals surface area (Å²) in [5.74, 6) is 2.34. The molecule has 2 aliphatic carbocycles. The Morgan fingerprint density at radius 3 is 3.05 bits per heavy atom. The number of carbonyl (C=O) groups excluding carboxylic acids is 1. The van der Waals surface area contributed by atoms with Gasteiger partial charge in [0.05, 0.1) is 0 Å². The summed E-state index contributed by atoms with van der Waals surface area (Å²) in [6.07, 6.45) is 5.31. The minimum Gasteiger partial charge on any atom is -0.508 e. The van der Waals surface area contributed by atoms with Crippen LogP contribution < -0.4 is 5.32 Å². The third-order valence-corrected chi connectivity index (χ3v) is 6.32. The maximum atomic E-state index is 11.9. The standard InChI is InChI=1S/C18H23NO2/c1-18-7-6-14-13-5-3-12(20)8-11(13)2-4-15(14)16(18)9-17(21)19-10-18/h3,5,8,14-16,20H,2,4,6-7,9-10H2,1H3,(H,19,21)/t14-,15-,16+,18-/m1/s1. The van der Waals surface area contributed by atoms with Crippen LogP contribution in [-0.4, -0.2) is 17.6 Å². The molecular weight excluding hydrogens is 262 g/mol. The van der Waals surface area contributed by atoms with Gasteiger partial charge in [0.2, 0.25) is 5.91 Å². The van der Waals surface area contributed by atoms with Crippen LogP contribution in [0.1, 0.15) is 49.7 Å². The molecule has 112 valence electrons. The van der Waals surface area contributed by atoms with Gasteiger partial charge in [-0.1, -0.05) is 13.0 Å². The van der Waals surface area contributed by atoms with E-state index in [4.69, 9.17) is 0 Å². The summed E-state index contributed by atoms with van der Waals surface area (Å²) >= 11 is 0. The fourth-order valence-corrected chi connectivity index (χ4v) is 5.15. The summed E-state index contributed by atoms with van der Waals surface area (Å²) in [4.78, 5) is 11.9. The van der Waals surface area contributed by atoms with Gasteiger partial charge >= 0.3 is 0 Å². The summed E-state index contributed by atoms with van der Waals surface area (Å²) in [6, 6.07) is 5.88. The summed E-state index contributed by atoms with van der Waals surface area (Å²) in [5, 5.41) is 12.8. The second-order valence-electron chi connectivity index (χ2n) is 7.47. The maximum Gasteiger partial charge on any atom is 0.220 e. The average molecular weight is 285 g/mol. The van der Waals surface area contributed by atoms with Gasteiger partial charge in [0.25, 0.3) is 0 Å². The van der Waals surface area contributed by atoms with Gasteiger partial charge in [-0.25, -0.2) is 0 Å². The second kappa shape index (κ2) is 4.49. The minimum absolute atomic E-state index is 0.231. The number of rotatable bonds is 0. The van der Waals surface area contributed by atoms with Crippen molar-refractivity contribution in [1.82, 2.24) is 5.32 Å². The third kappa shape index (κ3) is 1.97. The Hall–Kier alpha value is -1.51. The first-order valence-electron chi connectivity index (χ1n) is 8.15. The smallest absolute Gasteiger partial charge is 0.220 e. The van der Waals surface area contributed by atoms with Gasteiger partial charge < -0.3 is 10.4 Å². The van der Waals surface area contributed by atoms with Gasteiger partial charge in [0.1, 0.15) is 5.75 Å². The SMILES string of the molecule is C[C@]12CC[C@@H]3c4ccc(O)cc4CC[C@H]3[C@@H]1CC(=O)NC2. The van der Waals surface area contributed by atoms with Crippen LogP contribution in [0.4, 0.5) is 0 Å². The maximum absolute atomic E-state index is 11.9. The molecule has 3 nitrogen and oxygen atoms in total. The van der Waals surface area contributed by atoms with Gasteiger partial charge in [-0.05, 0) is 72.1 Å². The van der Waals surface area contributed by atoms with Crippen molar-refractivity contribution in [3.8, 4) is 5.75 Å². The number of aryl methyl sites for hydroxylation is 1. The average Bonchev–Trinajstić information content (AvgIpc) is 2.47. The minimum atomic E-state index is 0.231. The molecule has 4 rings (SSSR count). The lowest BCUT2D eigenvalue weighted by atomic mass is 9.53. The first-order valence-corrected chi connectivity index (χ1v) is 8.15. The molecule has 21 heavy (non-hydrogen) atoms. The number of benzene rings is 1. The monoisotopic (exact) mass is 285 g/mol. The number of piperidine rings is 1. The van der Waals surface area contributed by atoms with Crippen LogP contribution in [-0.2, 0) is 11.2 Å². The first kappa shape index (κ1) is 13.2. The molecule has 0 aromatic heterocycles. The highest BCUT2D eigenvalue weighted by Crippen LogP contribution is 2.56. The Labute approximate surface area is 125 Å². The van der Waals surface area contributed by atoms with E-state index < -0.39 is 0 Å². The van der Waals surface area contributed by atoms with Crippen molar-refractivity contribution in [2.75, 3.05) is 6.54 Å². The van der Waals surface area contributed by atoms with Gasteiger partial charge in [0.15, 0.2) is 0 Å². The topological polar surface area (TPSA) is 49.3 Å². The highest BCUT2D eigenvalue weighted by Gasteiger charge is 2.50. The van der Waals surface area contributed by atoms with Crippen molar-refractivity contribution in [2.24, 2.45) is 17.3 Å². The molecule has 0 radical (unpaired) electrons. The van der Waals surface area contributed by atoms with E-state index in [0.29, 0.717) is 29.9 Å². The molecule has 0 unspecified atom stereocenters. The quantitative estimate of drug-likeness (QED) is 0.770. The molecule has 1 saturated heterocycles. The number of hydrogen-bond donors (Lipinski definition) is 2. The van der Waals surface area contributed by atoms with Gasteiger partial charge in [-0.15, -0.1) is 0 Å². The van der Waals surface area contributed by atoms with E-state index in [9.17, 15) is 9.90 Å². The van der Waals surface area contributed by atoms with E-state index in [1.165, 1.54) is 24.0 Å². The molecule has 1 heterocycles. The fourth-order valence-electron chi connectivity index (χ4n) is 5.15. The Kier molecular flexibility index (Phi) is 2.82. The Morgan fingerprint density at radius 2 is 2.19 bits per heavy atom. The Morgan fingerprint density at radius 1 is 1.33 bits per heavy atom. The highest BCUT2D eigenvalue weighted by atomic mass is 16.3. The van der Waals surface area contributed by atoms with E-state index in [2.05, 4.69) is 18.3 Å². The van der Waals surface area contributed by atoms with Crippen molar-refractivity contribution >= 4 is 5.91 Å². The number of nitrogens with one attached hydrogen (secondary N) is 1. The van der Waals surface area contributed by atoms with Crippen LogP contribution in [0.3, 0.4) is 0 Å². The third-order valence-electron chi connectivity index (χ3n) is 6.32. The molecule has 4 atom stereocenters. The highest BCUT2D eigenvalue weighted by molar-refractivity contribution is 5.77. The Balaban J connectivity index is 1.70. The van der Waals surface area contributed by atoms with Gasteiger partial charge in [0, 0.05) is 13.0 Å². The predicted molar refractivity (Wildman–Crippen MR) is 81.1 cm³/mol. The second-order valence-corrected chi connectivity index (χ2v) is 7.47. The number of hydrogen-bond acceptors (Lipinski definition) is 2. The lowest BCUT2D eigenvalue weighted by molar-refractivity contribution is -0.130. The van der Waals surface area contributed by atoms with E-state index in [0.717, 1.165) is 19.4 Å². The van der Waals surface area contributed by atoms with Crippen molar-refractivity contribution in [3.63, 3.8) is 0 Å². The molecule has 1 aliphatic heterocycles. The molecule has 3 heteroatoms. The number of carbonyl (C=O) groups is 1. The van der Waals surface area contributed by atoms with E-state index in [1.54, 1.807) is 0 Å². The first-order chi connectivity index (χ1) is 10.1. The Bertz CT molecular complexity index is 597. The molecule has 2 fully saturated rings. The molecule has 3 aliphatic rings. The number of aromatic hydroxyl groups is 1. The predicted octanol–water partition coefficient (Wildman–Crippen LogP) is 2.97. The van der Waals surface area contributed by atoms with Gasteiger partial charge in [-0.2, -0.15) is 0 Å². The number of phenols is 1. The largest absolute Gasteiger partial charge is 0.508 e. The summed E-state index contributed by atoms with van der Waals surface area (Å²) in [5.41, 5.74) is 3.03. The van der Waals surface area contributed by atoms with Crippen molar-refractivity contribution < 1.29 is 9.90 Å². The van der Waals surface area contributed by atoms with Crippen LogP contribution >= 0.6 is 0 Å². The lowest BCUT2D eigenvalue weighted by Gasteiger charge is -2.53. The molecule has 2 N–H and O–H groups in total. The zero-order chi connectivity index (χ0) is 14.6. The van der Waals surface area contributed by atoms with Crippen LogP contribution in [0, 0.1) is 17.3 Å². The lowest BCUT2D eigenvalue weighted by Crippen LogP contribution is -2.54. The molecule has 0 bridgehead atoms. The van der Waals surface area contributed by atoms with E-state index >= 15 is 0 Å². The molecule has 1 saturated carbocycles. The number of fused-ring (bicyclic) bond motifs is 5. The van der Waals surface area contributed by atoms with Crippen molar-refractivity contribution in [2.45, 2.75) is 44.9 Å². The number of phenolic OH excluding ortho intramolecular Hbond substituents is 1. The molecular formula is C18H23NO2. The van der Waals surface area contributed by atoms with Crippen LogP contribution in [0.2, 0.25) is 0 Å². The zero-order valence-electron chi connectivity index (χ0n) is 12.6. The van der Waals surface area contributed by atoms with Crippen LogP contribution in [0.5, 0.6) is 5.75 Å². The van der Waals surface area contributed by atoms with E-state index in [-0.39, 0.29) is 11.3 Å². The van der Waals surface area contributed by atoms with Crippen LogP contribution in [0.25, 0.3) is 0 Å². The van der Waals surface area contributed by atoms with Crippen molar-refractivity contribution in [1.29, 1.82) is 0 Å². The van der Waals surface area contributed by atoms with Crippen LogP contribution in [0.15, 0.2) is 18.2 Å².